The summed E-state index contributed by atoms with van der Waals surface area (Å²) in [7, 11) is 3.16. The second-order valence-electron chi connectivity index (χ2n) is 6.98. The smallest absolute Gasteiger partial charge is 0.341 e. The molecule has 1 aromatic heterocycles. The number of aryl methyl sites for hydroxylation is 3. The highest BCUT2D eigenvalue weighted by Crippen LogP contribution is 2.18. The Kier molecular flexibility index (Phi) is 6.80. The maximum Gasteiger partial charge on any atom is 0.341 e. The van der Waals surface area contributed by atoms with E-state index in [-0.39, 0.29) is 18.5 Å². The van der Waals surface area contributed by atoms with Gasteiger partial charge in [0.15, 0.2) is 0 Å². The molecule has 0 aliphatic heterocycles. The van der Waals surface area contributed by atoms with E-state index < -0.39 is 5.97 Å². The average Bonchev–Trinajstić information content (AvgIpc) is 2.96. The molecule has 6 heteroatoms. The van der Waals surface area contributed by atoms with Crippen LogP contribution in [0.25, 0.3) is 0 Å². The molecule has 1 amide bonds. The monoisotopic (exact) mass is 372 g/mol. The molecule has 1 unspecified atom stereocenters. The molecule has 6 nitrogen and oxygen atoms in total. The zero-order valence-corrected chi connectivity index (χ0v) is 16.9. The normalized spacial score (nSPS) is 12.1. The Bertz CT molecular complexity index is 826. The molecule has 0 aliphatic carbocycles. The van der Waals surface area contributed by atoms with Crippen LogP contribution < -0.4 is 5.32 Å². The number of nitrogens with one attached hydrogen (secondary N) is 1. The number of rotatable bonds is 7. The van der Waals surface area contributed by atoms with Gasteiger partial charge in [-0.2, -0.15) is 0 Å². The Morgan fingerprint density at radius 3 is 2.52 bits per heavy atom. The number of hydrogen-bond acceptors (Lipinski definition) is 5. The minimum atomic E-state index is -0.426. The first-order valence-electron chi connectivity index (χ1n) is 8.94. The molecule has 1 N–H and O–H groups in total. The summed E-state index contributed by atoms with van der Waals surface area (Å²) in [5.74, 6) is 0.633. The van der Waals surface area contributed by atoms with Gasteiger partial charge in [0.2, 0.25) is 5.91 Å². The van der Waals surface area contributed by atoms with Crippen molar-refractivity contribution in [1.29, 1.82) is 0 Å². The highest BCUT2D eigenvalue weighted by Gasteiger charge is 2.17. The van der Waals surface area contributed by atoms with Gasteiger partial charge in [-0.25, -0.2) is 4.79 Å². The molecule has 0 saturated heterocycles. The van der Waals surface area contributed by atoms with E-state index >= 15 is 0 Å². The van der Waals surface area contributed by atoms with Crippen molar-refractivity contribution in [3.63, 3.8) is 0 Å². The van der Waals surface area contributed by atoms with Gasteiger partial charge in [0.05, 0.1) is 26.2 Å². The quantitative estimate of drug-likeness (QED) is 0.755. The maximum atomic E-state index is 12.3. The number of hydrogen-bond donors (Lipinski definition) is 1. The fourth-order valence-electron chi connectivity index (χ4n) is 2.91. The number of amides is 1. The topological polar surface area (TPSA) is 71.8 Å². The zero-order valence-electron chi connectivity index (χ0n) is 16.9. The molecule has 0 fully saturated rings. The molecule has 0 spiro atoms. The number of likely N-dealkylation sites (N-methyl/N-ethyl adjacent to an activating group) is 1. The van der Waals surface area contributed by atoms with Gasteiger partial charge in [0.25, 0.3) is 0 Å². The molecular formula is C21H28N2O4. The second-order valence-corrected chi connectivity index (χ2v) is 6.98. The van der Waals surface area contributed by atoms with Gasteiger partial charge >= 0.3 is 5.97 Å². The summed E-state index contributed by atoms with van der Waals surface area (Å²) in [5.41, 5.74) is 3.93. The minimum absolute atomic E-state index is 0.0676. The molecule has 2 aromatic rings. The van der Waals surface area contributed by atoms with E-state index in [1.165, 1.54) is 18.2 Å². The van der Waals surface area contributed by atoms with Crippen LogP contribution in [-0.2, 0) is 16.1 Å². The van der Waals surface area contributed by atoms with Crippen molar-refractivity contribution in [2.24, 2.45) is 0 Å². The fourth-order valence-corrected chi connectivity index (χ4v) is 2.91. The molecule has 1 aromatic carbocycles. The number of methoxy groups -OCH3 is 1. The molecule has 27 heavy (non-hydrogen) atoms. The zero-order chi connectivity index (χ0) is 20.1. The Hall–Kier alpha value is -2.60. The second kappa shape index (κ2) is 8.86. The van der Waals surface area contributed by atoms with Crippen LogP contribution in [0.2, 0.25) is 0 Å². The highest BCUT2D eigenvalue weighted by atomic mass is 16.5. The van der Waals surface area contributed by atoms with Gasteiger partial charge in [-0.05, 0) is 57.5 Å². The van der Waals surface area contributed by atoms with Crippen molar-refractivity contribution in [3.8, 4) is 0 Å². The van der Waals surface area contributed by atoms with Crippen LogP contribution in [0.4, 0.5) is 0 Å². The first-order chi connectivity index (χ1) is 12.7. The third-order valence-electron chi connectivity index (χ3n) is 4.62. The van der Waals surface area contributed by atoms with E-state index in [0.29, 0.717) is 23.6 Å². The summed E-state index contributed by atoms with van der Waals surface area (Å²) < 4.78 is 10.3. The molecule has 0 radical (unpaired) electrons. The lowest BCUT2D eigenvalue weighted by atomic mass is 10.0. The summed E-state index contributed by atoms with van der Waals surface area (Å²) in [5, 5.41) is 3.02. The minimum Gasteiger partial charge on any atom is -0.465 e. The maximum absolute atomic E-state index is 12.3. The standard InChI is InChI=1S/C21H28N2O4/c1-13-7-8-17(9-14(13)2)15(3)22-20(24)12-23(5)11-18-10-19(16(4)27-18)21(25)26-6/h7-10,15H,11-12H2,1-6H3,(H,22,24). The molecule has 1 heterocycles. The van der Waals surface area contributed by atoms with Crippen molar-refractivity contribution in [2.75, 3.05) is 20.7 Å². The first kappa shape index (κ1) is 20.7. The Morgan fingerprint density at radius 2 is 1.89 bits per heavy atom. The van der Waals surface area contributed by atoms with Crippen molar-refractivity contribution in [1.82, 2.24) is 10.2 Å². The van der Waals surface area contributed by atoms with E-state index in [1.807, 2.05) is 24.9 Å². The Balaban J connectivity index is 1.91. The fraction of sp³-hybridized carbons (Fsp3) is 0.429. The Morgan fingerprint density at radius 1 is 1.19 bits per heavy atom. The molecule has 146 valence electrons. The van der Waals surface area contributed by atoms with Gasteiger partial charge in [0.1, 0.15) is 17.1 Å². The van der Waals surface area contributed by atoms with Crippen LogP contribution >= 0.6 is 0 Å². The van der Waals surface area contributed by atoms with E-state index in [4.69, 9.17) is 9.15 Å². The van der Waals surface area contributed by atoms with E-state index in [9.17, 15) is 9.59 Å². The van der Waals surface area contributed by atoms with Gasteiger partial charge < -0.3 is 14.5 Å². The third-order valence-corrected chi connectivity index (χ3v) is 4.62. The predicted octanol–water partition coefficient (Wildman–Crippen LogP) is 3.30. The number of ether oxygens (including phenoxy) is 1. The number of furan rings is 1. The van der Waals surface area contributed by atoms with Crippen molar-refractivity contribution in [3.05, 3.63) is 58.0 Å². The summed E-state index contributed by atoms with van der Waals surface area (Å²) in [6.07, 6.45) is 0. The molecular weight excluding hydrogens is 344 g/mol. The number of nitrogens with zero attached hydrogens (tertiary/aromatic N) is 1. The van der Waals surface area contributed by atoms with E-state index in [1.54, 1.807) is 13.0 Å². The summed E-state index contributed by atoms with van der Waals surface area (Å²) in [4.78, 5) is 25.8. The number of esters is 1. The molecule has 1 atom stereocenters. The van der Waals surface area contributed by atoms with E-state index in [2.05, 4.69) is 31.3 Å². The molecule has 0 bridgehead atoms. The van der Waals surface area contributed by atoms with Crippen LogP contribution in [-0.4, -0.2) is 37.5 Å². The van der Waals surface area contributed by atoms with Crippen LogP contribution in [0.1, 0.15) is 51.5 Å². The Labute approximate surface area is 160 Å². The first-order valence-corrected chi connectivity index (χ1v) is 8.94. The van der Waals surface area contributed by atoms with Gasteiger partial charge in [-0.3, -0.25) is 9.69 Å². The highest BCUT2D eigenvalue weighted by molar-refractivity contribution is 5.90. The SMILES string of the molecule is COC(=O)c1cc(CN(C)CC(=O)NC(C)c2ccc(C)c(C)c2)oc1C. The van der Waals surface area contributed by atoms with Crippen LogP contribution in [0.3, 0.4) is 0 Å². The lowest BCUT2D eigenvalue weighted by Gasteiger charge is -2.19. The van der Waals surface area contributed by atoms with Crippen LogP contribution in [0, 0.1) is 20.8 Å². The molecule has 0 saturated carbocycles. The average molecular weight is 372 g/mol. The van der Waals surface area contributed by atoms with E-state index in [0.717, 1.165) is 5.56 Å². The lowest BCUT2D eigenvalue weighted by Crippen LogP contribution is -2.36. The van der Waals surface area contributed by atoms with Gasteiger partial charge in [0, 0.05) is 0 Å². The summed E-state index contributed by atoms with van der Waals surface area (Å²) in [6, 6.07) is 7.80. The predicted molar refractivity (Wildman–Crippen MR) is 104 cm³/mol. The van der Waals surface area contributed by atoms with Crippen LogP contribution in [0.15, 0.2) is 28.7 Å². The molecule has 2 rings (SSSR count). The van der Waals surface area contributed by atoms with Crippen molar-refractivity contribution < 1.29 is 18.7 Å². The number of benzene rings is 1. The van der Waals surface area contributed by atoms with Crippen molar-refractivity contribution in [2.45, 2.75) is 40.3 Å². The summed E-state index contributed by atoms with van der Waals surface area (Å²) in [6.45, 7) is 8.47. The van der Waals surface area contributed by atoms with Crippen LogP contribution in [0.5, 0.6) is 0 Å². The van der Waals surface area contributed by atoms with Crippen molar-refractivity contribution >= 4 is 11.9 Å². The third kappa shape index (κ3) is 5.44. The lowest BCUT2D eigenvalue weighted by molar-refractivity contribution is -0.122. The van der Waals surface area contributed by atoms with Gasteiger partial charge in [-0.15, -0.1) is 0 Å². The summed E-state index contributed by atoms with van der Waals surface area (Å²) >= 11 is 0. The number of carbonyl (C=O) groups is 2. The molecule has 0 aliphatic rings. The van der Waals surface area contributed by atoms with Gasteiger partial charge in [-0.1, -0.05) is 18.2 Å². The largest absolute Gasteiger partial charge is 0.465 e. The number of carbonyl (C=O) groups excluding carboxylic acids is 2.